The Bertz CT molecular complexity index is 670. The van der Waals surface area contributed by atoms with Crippen LogP contribution in [0.4, 0.5) is 5.69 Å². The molecule has 1 heterocycles. The summed E-state index contributed by atoms with van der Waals surface area (Å²) in [6.45, 7) is 2.10. The molecule has 0 atom stereocenters. The van der Waals surface area contributed by atoms with Gasteiger partial charge in [-0.1, -0.05) is 12.0 Å². The zero-order valence-corrected chi connectivity index (χ0v) is 10.9. The Morgan fingerprint density at radius 2 is 2.00 bits per heavy atom. The van der Waals surface area contributed by atoms with Gasteiger partial charge in [0.25, 0.3) is 5.69 Å². The minimum absolute atomic E-state index is 0.0346. The maximum atomic E-state index is 10.5. The van der Waals surface area contributed by atoms with Crippen molar-refractivity contribution >= 4 is 5.69 Å². The Morgan fingerprint density at radius 3 is 2.65 bits per heavy atom. The van der Waals surface area contributed by atoms with E-state index < -0.39 is 4.92 Å². The van der Waals surface area contributed by atoms with Crippen molar-refractivity contribution < 1.29 is 9.66 Å². The van der Waals surface area contributed by atoms with E-state index in [0.717, 1.165) is 5.69 Å². The molecule has 0 bridgehead atoms. The van der Waals surface area contributed by atoms with Gasteiger partial charge in [-0.3, -0.25) is 10.1 Å². The third-order valence-electron chi connectivity index (χ3n) is 2.46. The fourth-order valence-electron chi connectivity index (χ4n) is 1.52. The second kappa shape index (κ2) is 6.34. The Labute approximate surface area is 116 Å². The summed E-state index contributed by atoms with van der Waals surface area (Å²) in [5.74, 6) is 6.28. The quantitative estimate of drug-likeness (QED) is 0.487. The van der Waals surface area contributed by atoms with Crippen molar-refractivity contribution in [1.82, 2.24) is 4.98 Å². The highest BCUT2D eigenvalue weighted by atomic mass is 16.6. The maximum Gasteiger partial charge on any atom is 0.269 e. The van der Waals surface area contributed by atoms with Gasteiger partial charge in [0.2, 0.25) is 0 Å². The molecule has 0 aliphatic rings. The first-order valence-electron chi connectivity index (χ1n) is 5.95. The summed E-state index contributed by atoms with van der Waals surface area (Å²) < 4.78 is 5.37. The lowest BCUT2D eigenvalue weighted by Gasteiger charge is -2.00. The SMILES string of the molecule is Cc1cccc(C#CCOc2ccc([N+](=O)[O-])cc2)n1. The van der Waals surface area contributed by atoms with Gasteiger partial charge in [-0.05, 0) is 37.1 Å². The Morgan fingerprint density at radius 1 is 1.25 bits per heavy atom. The number of ether oxygens (including phenoxy) is 1. The van der Waals surface area contributed by atoms with E-state index in [1.807, 2.05) is 25.1 Å². The number of pyridine rings is 1. The molecule has 0 fully saturated rings. The third kappa shape index (κ3) is 3.82. The molecule has 2 rings (SSSR count). The number of nitro groups is 1. The summed E-state index contributed by atoms with van der Waals surface area (Å²) in [5.41, 5.74) is 1.64. The first-order valence-corrected chi connectivity index (χ1v) is 5.95. The molecular weight excluding hydrogens is 256 g/mol. The normalized spacial score (nSPS) is 9.45. The van der Waals surface area contributed by atoms with Gasteiger partial charge >= 0.3 is 0 Å². The standard InChI is InChI=1S/C15H12N2O3/c1-12-4-2-5-13(16-12)6-3-11-20-15-9-7-14(8-10-15)17(18)19/h2,4-5,7-10H,11H2,1H3. The van der Waals surface area contributed by atoms with E-state index in [-0.39, 0.29) is 12.3 Å². The molecule has 0 saturated carbocycles. The van der Waals surface area contributed by atoms with Crippen molar-refractivity contribution in [3.05, 3.63) is 64.0 Å². The lowest BCUT2D eigenvalue weighted by atomic mass is 10.3. The number of hydrogen-bond acceptors (Lipinski definition) is 4. The Balaban J connectivity index is 1.92. The number of aryl methyl sites for hydroxylation is 1. The van der Waals surface area contributed by atoms with Gasteiger partial charge in [0.15, 0.2) is 0 Å². The number of non-ortho nitro benzene ring substituents is 1. The molecule has 0 aliphatic carbocycles. The molecule has 5 nitrogen and oxygen atoms in total. The number of nitrogens with zero attached hydrogens (tertiary/aromatic N) is 2. The summed E-state index contributed by atoms with van der Waals surface area (Å²) in [6.07, 6.45) is 0. The average Bonchev–Trinajstić information content (AvgIpc) is 2.44. The highest BCUT2D eigenvalue weighted by molar-refractivity contribution is 5.36. The molecule has 1 aromatic carbocycles. The van der Waals surface area contributed by atoms with Crippen LogP contribution < -0.4 is 4.74 Å². The summed E-state index contributed by atoms with van der Waals surface area (Å²) in [5, 5.41) is 10.5. The van der Waals surface area contributed by atoms with E-state index >= 15 is 0 Å². The van der Waals surface area contributed by atoms with E-state index in [4.69, 9.17) is 4.74 Å². The highest BCUT2D eigenvalue weighted by Gasteiger charge is 2.03. The fraction of sp³-hybridized carbons (Fsp3) is 0.133. The van der Waals surface area contributed by atoms with Gasteiger partial charge in [-0.15, -0.1) is 0 Å². The van der Waals surface area contributed by atoms with Crippen LogP contribution in [0.15, 0.2) is 42.5 Å². The van der Waals surface area contributed by atoms with Crippen LogP contribution in [0.5, 0.6) is 5.75 Å². The van der Waals surface area contributed by atoms with Crippen LogP contribution in [0.3, 0.4) is 0 Å². The van der Waals surface area contributed by atoms with Crippen molar-refractivity contribution in [3.8, 4) is 17.6 Å². The molecule has 2 aromatic rings. The summed E-state index contributed by atoms with van der Waals surface area (Å²) in [6, 6.07) is 11.5. The highest BCUT2D eigenvalue weighted by Crippen LogP contribution is 2.16. The molecule has 0 radical (unpaired) electrons. The van der Waals surface area contributed by atoms with Crippen molar-refractivity contribution in [3.63, 3.8) is 0 Å². The van der Waals surface area contributed by atoms with Gasteiger partial charge in [0, 0.05) is 17.8 Å². The molecule has 0 N–H and O–H groups in total. The Kier molecular flexibility index (Phi) is 4.30. The number of hydrogen-bond donors (Lipinski definition) is 0. The molecule has 0 amide bonds. The minimum Gasteiger partial charge on any atom is -0.481 e. The van der Waals surface area contributed by atoms with Gasteiger partial charge in [0.05, 0.1) is 4.92 Å². The molecule has 1 aromatic heterocycles. The van der Waals surface area contributed by atoms with E-state index in [9.17, 15) is 10.1 Å². The monoisotopic (exact) mass is 268 g/mol. The van der Waals surface area contributed by atoms with Crippen LogP contribution in [0.25, 0.3) is 0 Å². The van der Waals surface area contributed by atoms with Crippen LogP contribution in [-0.4, -0.2) is 16.5 Å². The third-order valence-corrected chi connectivity index (χ3v) is 2.46. The van der Waals surface area contributed by atoms with Crippen LogP contribution in [0.1, 0.15) is 11.4 Å². The minimum atomic E-state index is -0.451. The topological polar surface area (TPSA) is 65.3 Å². The van der Waals surface area contributed by atoms with Crippen molar-refractivity contribution in [2.45, 2.75) is 6.92 Å². The first kappa shape index (κ1) is 13.6. The molecule has 20 heavy (non-hydrogen) atoms. The smallest absolute Gasteiger partial charge is 0.269 e. The molecule has 0 aliphatic heterocycles. The molecule has 0 saturated heterocycles. The average molecular weight is 268 g/mol. The maximum absolute atomic E-state index is 10.5. The van der Waals surface area contributed by atoms with Crippen LogP contribution in [0, 0.1) is 28.9 Å². The molecule has 5 heteroatoms. The molecule has 0 unspecified atom stereocenters. The number of rotatable bonds is 3. The molecule has 100 valence electrons. The fourth-order valence-corrected chi connectivity index (χ4v) is 1.52. The zero-order valence-electron chi connectivity index (χ0n) is 10.9. The van der Waals surface area contributed by atoms with Crippen molar-refractivity contribution in [2.24, 2.45) is 0 Å². The van der Waals surface area contributed by atoms with E-state index in [1.165, 1.54) is 12.1 Å². The predicted molar refractivity (Wildman–Crippen MR) is 74.4 cm³/mol. The summed E-state index contributed by atoms with van der Waals surface area (Å²) in [4.78, 5) is 14.3. The van der Waals surface area contributed by atoms with Crippen molar-refractivity contribution in [2.75, 3.05) is 6.61 Å². The molecule has 0 spiro atoms. The number of nitro benzene ring substituents is 1. The second-order valence-electron chi connectivity index (χ2n) is 4.01. The van der Waals surface area contributed by atoms with Gasteiger partial charge < -0.3 is 4.74 Å². The van der Waals surface area contributed by atoms with Crippen LogP contribution in [-0.2, 0) is 0 Å². The summed E-state index contributed by atoms with van der Waals surface area (Å²) in [7, 11) is 0. The van der Waals surface area contributed by atoms with E-state index in [0.29, 0.717) is 11.4 Å². The zero-order chi connectivity index (χ0) is 14.4. The molecular formula is C15H12N2O3. The van der Waals surface area contributed by atoms with Crippen molar-refractivity contribution in [1.29, 1.82) is 0 Å². The lowest BCUT2D eigenvalue weighted by Crippen LogP contribution is -1.95. The van der Waals surface area contributed by atoms with Crippen LogP contribution >= 0.6 is 0 Å². The predicted octanol–water partition coefficient (Wildman–Crippen LogP) is 2.73. The van der Waals surface area contributed by atoms with Crippen LogP contribution in [0.2, 0.25) is 0 Å². The van der Waals surface area contributed by atoms with Gasteiger partial charge in [-0.2, -0.15) is 0 Å². The first-order chi connectivity index (χ1) is 9.65. The Hall–Kier alpha value is -2.87. The summed E-state index contributed by atoms with van der Waals surface area (Å²) >= 11 is 0. The van der Waals surface area contributed by atoms with Gasteiger partial charge in [-0.25, -0.2) is 4.98 Å². The number of aromatic nitrogens is 1. The lowest BCUT2D eigenvalue weighted by molar-refractivity contribution is -0.384. The van der Waals surface area contributed by atoms with Gasteiger partial charge in [0.1, 0.15) is 18.1 Å². The van der Waals surface area contributed by atoms with E-state index in [1.54, 1.807) is 12.1 Å². The second-order valence-corrected chi connectivity index (χ2v) is 4.01. The van der Waals surface area contributed by atoms with E-state index in [2.05, 4.69) is 16.8 Å². The largest absolute Gasteiger partial charge is 0.481 e. The number of benzene rings is 1.